The molecule has 0 N–H and O–H groups in total. The van der Waals surface area contributed by atoms with Gasteiger partial charge in [-0.2, -0.15) is 0 Å². The highest BCUT2D eigenvalue weighted by atomic mass is 16.5. The van der Waals surface area contributed by atoms with Gasteiger partial charge in [-0.25, -0.2) is 0 Å². The Kier molecular flexibility index (Phi) is 3.72. The third-order valence-electron chi connectivity index (χ3n) is 5.83. The van der Waals surface area contributed by atoms with Crippen LogP contribution in [0.3, 0.4) is 0 Å². The molecule has 0 aromatic heterocycles. The van der Waals surface area contributed by atoms with Crippen molar-refractivity contribution >= 4 is 5.78 Å². The second-order valence-electron chi connectivity index (χ2n) is 7.53. The summed E-state index contributed by atoms with van der Waals surface area (Å²) in [5, 5.41) is 0. The highest BCUT2D eigenvalue weighted by Crippen LogP contribution is 2.49. The van der Waals surface area contributed by atoms with E-state index >= 15 is 0 Å². The number of ether oxygens (including phenoxy) is 5. The molecular weight excluding hydrogens is 372 g/mol. The molecule has 150 valence electrons. The quantitative estimate of drug-likeness (QED) is 0.739. The number of rotatable bonds is 3. The molecule has 3 aliphatic rings. The number of carbonyl (C=O) groups excluding carboxylic acids is 1. The minimum atomic E-state index is -0.480. The van der Waals surface area contributed by atoms with Crippen molar-refractivity contribution < 1.29 is 29.8 Å². The molecule has 6 heteroatoms. The molecule has 3 atom stereocenters. The Balaban J connectivity index is 1.56. The Bertz CT molecular complexity index is 1080. The Morgan fingerprint density at radius 3 is 2.72 bits per heavy atom. The first-order valence-corrected chi connectivity index (χ1v) is 9.52. The van der Waals surface area contributed by atoms with Gasteiger partial charge in [0.25, 0.3) is 0 Å². The molecule has 0 amide bonds. The molecule has 0 radical (unpaired) electrons. The normalized spacial score (nSPS) is 24.7. The average molecular weight is 395 g/mol. The molecule has 0 fully saturated rings. The van der Waals surface area contributed by atoms with E-state index in [-0.39, 0.29) is 18.5 Å². The van der Waals surface area contributed by atoms with E-state index in [4.69, 9.17) is 25.1 Å². The number of hydrogen-bond donors (Lipinski definition) is 0. The molecule has 5 rings (SSSR count). The van der Waals surface area contributed by atoms with Gasteiger partial charge in [-0.1, -0.05) is 6.55 Å². The lowest BCUT2D eigenvalue weighted by atomic mass is 9.81. The molecule has 29 heavy (non-hydrogen) atoms. The largest absolute Gasteiger partial charge is 0.493 e. The predicted molar refractivity (Wildman–Crippen MR) is 106 cm³/mol. The minimum absolute atomic E-state index is 0.00275. The van der Waals surface area contributed by atoms with Crippen LogP contribution in [0.4, 0.5) is 0 Å². The number of Topliss-reactive ketones (excluding diaryl/α,β-unsaturated/α-hetero) is 1. The second kappa shape index (κ2) is 6.44. The summed E-state index contributed by atoms with van der Waals surface area (Å²) in [6.45, 7) is 3.43. The molecule has 0 saturated heterocycles. The van der Waals surface area contributed by atoms with Crippen LogP contribution in [-0.4, -0.2) is 38.8 Å². The van der Waals surface area contributed by atoms with E-state index in [1.54, 1.807) is 32.4 Å². The van der Waals surface area contributed by atoms with Crippen molar-refractivity contribution in [2.45, 2.75) is 31.5 Å². The number of carbonyl (C=O) groups is 1. The molecule has 0 bridgehead atoms. The number of fused-ring (bicyclic) bond motifs is 6. The number of ketones is 1. The SMILES string of the molecule is [2H]C=C(C)[C@H]1Cc2c(ccc3c2O[C@@H]2COc4cc(OC)c(OC)cc4[C@@H]2C3=O)O1. The summed E-state index contributed by atoms with van der Waals surface area (Å²) in [5.41, 5.74) is 3.00. The Hall–Kier alpha value is -3.15. The highest BCUT2D eigenvalue weighted by Gasteiger charge is 2.45. The highest BCUT2D eigenvalue weighted by molar-refractivity contribution is 6.06. The monoisotopic (exact) mass is 395 g/mol. The number of benzene rings is 2. The van der Waals surface area contributed by atoms with Crippen LogP contribution in [0.2, 0.25) is 0 Å². The molecule has 0 spiro atoms. The van der Waals surface area contributed by atoms with Crippen molar-refractivity contribution in [1.82, 2.24) is 0 Å². The molecule has 0 unspecified atom stereocenters. The lowest BCUT2D eigenvalue weighted by molar-refractivity contribution is 0.0554. The summed E-state index contributed by atoms with van der Waals surface area (Å²) in [4.78, 5) is 13.5. The van der Waals surface area contributed by atoms with Crippen LogP contribution in [0.25, 0.3) is 0 Å². The molecule has 2 aromatic rings. The smallest absolute Gasteiger partial charge is 0.178 e. The van der Waals surface area contributed by atoms with Gasteiger partial charge >= 0.3 is 0 Å². The third kappa shape index (κ3) is 2.58. The fourth-order valence-corrected chi connectivity index (χ4v) is 4.32. The van der Waals surface area contributed by atoms with E-state index in [2.05, 4.69) is 0 Å². The van der Waals surface area contributed by atoms with E-state index in [1.165, 1.54) is 6.55 Å². The van der Waals surface area contributed by atoms with Gasteiger partial charge in [0, 0.05) is 23.6 Å². The lowest BCUT2D eigenvalue weighted by Gasteiger charge is -2.37. The Morgan fingerprint density at radius 1 is 1.17 bits per heavy atom. The summed E-state index contributed by atoms with van der Waals surface area (Å²) in [7, 11) is 3.13. The van der Waals surface area contributed by atoms with Crippen molar-refractivity contribution in [2.24, 2.45) is 0 Å². The zero-order valence-electron chi connectivity index (χ0n) is 17.5. The minimum Gasteiger partial charge on any atom is -0.493 e. The first kappa shape index (κ1) is 16.8. The van der Waals surface area contributed by atoms with Gasteiger partial charge in [0.15, 0.2) is 17.3 Å². The molecule has 0 saturated carbocycles. The molecule has 0 aliphatic carbocycles. The first-order valence-electron chi connectivity index (χ1n) is 10.1. The maximum atomic E-state index is 13.5. The van der Waals surface area contributed by atoms with Crippen molar-refractivity contribution in [3.05, 3.63) is 53.1 Å². The second-order valence-corrected chi connectivity index (χ2v) is 7.53. The van der Waals surface area contributed by atoms with Gasteiger partial charge in [0.2, 0.25) is 0 Å². The van der Waals surface area contributed by atoms with Crippen molar-refractivity contribution in [3.8, 4) is 28.7 Å². The van der Waals surface area contributed by atoms with Crippen LogP contribution in [0.1, 0.15) is 35.7 Å². The fourth-order valence-electron chi connectivity index (χ4n) is 4.32. The van der Waals surface area contributed by atoms with Crippen molar-refractivity contribution in [1.29, 1.82) is 0 Å². The molecule has 6 nitrogen and oxygen atoms in total. The lowest BCUT2D eigenvalue weighted by Crippen LogP contribution is -2.43. The van der Waals surface area contributed by atoms with E-state index < -0.39 is 12.0 Å². The summed E-state index contributed by atoms with van der Waals surface area (Å²) in [5.74, 6) is 2.50. The van der Waals surface area contributed by atoms with Crippen molar-refractivity contribution in [2.75, 3.05) is 20.8 Å². The molecule has 3 heterocycles. The van der Waals surface area contributed by atoms with E-state index in [0.29, 0.717) is 40.7 Å². The van der Waals surface area contributed by atoms with Gasteiger partial charge in [-0.15, -0.1) is 0 Å². The molecular formula is C23H22O6. The molecule has 2 aromatic carbocycles. The zero-order valence-corrected chi connectivity index (χ0v) is 16.5. The maximum Gasteiger partial charge on any atom is 0.178 e. The predicted octanol–water partition coefficient (Wildman–Crippen LogP) is 3.70. The number of hydrogen-bond acceptors (Lipinski definition) is 6. The van der Waals surface area contributed by atoms with Crippen LogP contribution in [0.5, 0.6) is 28.7 Å². The van der Waals surface area contributed by atoms with Gasteiger partial charge in [-0.05, 0) is 30.7 Å². The van der Waals surface area contributed by atoms with E-state index in [9.17, 15) is 4.79 Å². The van der Waals surface area contributed by atoms with E-state index in [1.807, 2.05) is 13.0 Å². The molecule has 3 aliphatic heterocycles. The summed E-state index contributed by atoms with van der Waals surface area (Å²) >= 11 is 0. The van der Waals surface area contributed by atoms with Gasteiger partial charge in [0.1, 0.15) is 36.1 Å². The van der Waals surface area contributed by atoms with Crippen LogP contribution < -0.4 is 23.7 Å². The number of methoxy groups -OCH3 is 2. The standard InChI is InChI=1S/C23H22O6/c1-11(2)16-8-14-15(28-16)6-5-12-22(24)21-13-7-18(25-3)19(26-4)9-17(13)27-10-20(21)29-23(12)14/h5-7,9,16,20-21H,1,8,10H2,2-4H3/t16-,20-,21+/m1/s1/i1D. The fraction of sp³-hybridized carbons (Fsp3) is 0.348. The van der Waals surface area contributed by atoms with Crippen LogP contribution in [0, 0.1) is 0 Å². The Morgan fingerprint density at radius 2 is 1.97 bits per heavy atom. The van der Waals surface area contributed by atoms with E-state index in [0.717, 1.165) is 16.7 Å². The van der Waals surface area contributed by atoms with Crippen LogP contribution in [-0.2, 0) is 6.42 Å². The van der Waals surface area contributed by atoms with Gasteiger partial charge in [-0.3, -0.25) is 4.79 Å². The third-order valence-corrected chi connectivity index (χ3v) is 5.83. The van der Waals surface area contributed by atoms with Crippen molar-refractivity contribution in [3.63, 3.8) is 0 Å². The Labute approximate surface area is 170 Å². The van der Waals surface area contributed by atoms with Gasteiger partial charge in [0.05, 0.1) is 27.1 Å². The average Bonchev–Trinajstić information content (AvgIpc) is 3.22. The summed E-state index contributed by atoms with van der Waals surface area (Å²) < 4.78 is 36.5. The topological polar surface area (TPSA) is 63.2 Å². The summed E-state index contributed by atoms with van der Waals surface area (Å²) in [6.07, 6.45) is -0.0678. The summed E-state index contributed by atoms with van der Waals surface area (Å²) in [6, 6.07) is 7.14. The first-order chi connectivity index (χ1) is 14.5. The van der Waals surface area contributed by atoms with Crippen LogP contribution >= 0.6 is 0 Å². The van der Waals surface area contributed by atoms with Crippen LogP contribution in [0.15, 0.2) is 36.4 Å². The zero-order chi connectivity index (χ0) is 21.0. The van der Waals surface area contributed by atoms with Gasteiger partial charge < -0.3 is 23.7 Å². The maximum absolute atomic E-state index is 13.5.